The van der Waals surface area contributed by atoms with Gasteiger partial charge in [-0.15, -0.1) is 0 Å². The first-order valence-corrected chi connectivity index (χ1v) is 9.04. The number of carbonyl (C=O) groups excluding carboxylic acids is 1. The quantitative estimate of drug-likeness (QED) is 0.568. The Hall–Kier alpha value is -3.35. The van der Waals surface area contributed by atoms with E-state index in [1.54, 1.807) is 29.1 Å². The first kappa shape index (κ1) is 18.0. The molecule has 0 bridgehead atoms. The zero-order chi connectivity index (χ0) is 19.7. The number of pyridine rings is 1. The van der Waals surface area contributed by atoms with E-state index >= 15 is 0 Å². The fraction of sp³-hybridized carbons (Fsp3) is 0.190. The molecule has 4 rings (SSSR count). The molecule has 2 aromatic carbocycles. The second-order valence-electron chi connectivity index (χ2n) is 6.55. The molecular formula is C21H18F2N4O. The number of nitrogens with one attached hydrogen (secondary N) is 1. The van der Waals surface area contributed by atoms with E-state index < -0.39 is 5.82 Å². The van der Waals surface area contributed by atoms with Crippen molar-refractivity contribution < 1.29 is 13.6 Å². The van der Waals surface area contributed by atoms with Crippen LogP contribution in [0.2, 0.25) is 0 Å². The number of halogens is 2. The van der Waals surface area contributed by atoms with Crippen molar-refractivity contribution in [3.63, 3.8) is 0 Å². The van der Waals surface area contributed by atoms with Gasteiger partial charge in [-0.3, -0.25) is 14.5 Å². The number of aromatic nitrogens is 3. The molecule has 5 nitrogen and oxygen atoms in total. The summed E-state index contributed by atoms with van der Waals surface area (Å²) >= 11 is 0. The first-order valence-electron chi connectivity index (χ1n) is 9.04. The van der Waals surface area contributed by atoms with E-state index in [0.29, 0.717) is 39.6 Å². The summed E-state index contributed by atoms with van der Waals surface area (Å²) in [4.78, 5) is 16.7. The number of rotatable bonds is 5. The van der Waals surface area contributed by atoms with E-state index in [9.17, 15) is 13.6 Å². The normalized spacial score (nSPS) is 11.2. The van der Waals surface area contributed by atoms with Crippen LogP contribution in [0.1, 0.15) is 13.3 Å². The van der Waals surface area contributed by atoms with Gasteiger partial charge in [0.1, 0.15) is 23.9 Å². The molecule has 0 radical (unpaired) electrons. The molecule has 0 atom stereocenters. The Morgan fingerprint density at radius 2 is 1.82 bits per heavy atom. The van der Waals surface area contributed by atoms with Crippen LogP contribution in [0.15, 0.2) is 48.7 Å². The van der Waals surface area contributed by atoms with Crippen molar-refractivity contribution in [2.75, 3.05) is 6.54 Å². The van der Waals surface area contributed by atoms with Crippen LogP contribution in [-0.2, 0) is 11.3 Å². The van der Waals surface area contributed by atoms with Gasteiger partial charge in [-0.2, -0.15) is 5.10 Å². The summed E-state index contributed by atoms with van der Waals surface area (Å²) in [7, 11) is 0. The lowest BCUT2D eigenvalue weighted by atomic mass is 10.1. The molecule has 0 aliphatic carbocycles. The van der Waals surface area contributed by atoms with E-state index in [0.717, 1.165) is 6.42 Å². The maximum Gasteiger partial charge on any atom is 0.241 e. The van der Waals surface area contributed by atoms with Crippen molar-refractivity contribution in [1.82, 2.24) is 20.1 Å². The van der Waals surface area contributed by atoms with Gasteiger partial charge in [0.2, 0.25) is 5.91 Å². The van der Waals surface area contributed by atoms with Crippen LogP contribution >= 0.6 is 0 Å². The van der Waals surface area contributed by atoms with Gasteiger partial charge in [0, 0.05) is 29.1 Å². The molecule has 0 aliphatic rings. The average molecular weight is 380 g/mol. The van der Waals surface area contributed by atoms with Crippen molar-refractivity contribution in [1.29, 1.82) is 0 Å². The number of carbonyl (C=O) groups is 1. The number of hydrogen-bond donors (Lipinski definition) is 1. The van der Waals surface area contributed by atoms with E-state index in [1.165, 1.54) is 24.3 Å². The second-order valence-corrected chi connectivity index (χ2v) is 6.55. The Bertz CT molecular complexity index is 1170. The highest BCUT2D eigenvalue weighted by molar-refractivity contribution is 6.08. The monoisotopic (exact) mass is 380 g/mol. The average Bonchev–Trinajstić information content (AvgIpc) is 3.05. The third-order valence-corrected chi connectivity index (χ3v) is 4.52. The summed E-state index contributed by atoms with van der Waals surface area (Å²) in [5.74, 6) is -0.927. The predicted octanol–water partition coefficient (Wildman–Crippen LogP) is 4.06. The maximum atomic E-state index is 13.9. The molecule has 0 spiro atoms. The lowest BCUT2D eigenvalue weighted by Gasteiger charge is -2.06. The molecule has 28 heavy (non-hydrogen) atoms. The first-order chi connectivity index (χ1) is 13.6. The molecule has 2 aromatic heterocycles. The van der Waals surface area contributed by atoms with Crippen LogP contribution in [0.4, 0.5) is 8.78 Å². The Morgan fingerprint density at radius 1 is 1.07 bits per heavy atom. The highest BCUT2D eigenvalue weighted by Crippen LogP contribution is 2.32. The molecule has 142 valence electrons. The fourth-order valence-corrected chi connectivity index (χ4v) is 3.22. The van der Waals surface area contributed by atoms with Crippen molar-refractivity contribution in [2.24, 2.45) is 0 Å². The minimum Gasteiger partial charge on any atom is -0.355 e. The lowest BCUT2D eigenvalue weighted by Crippen LogP contribution is -2.28. The third kappa shape index (κ3) is 3.31. The molecule has 7 heteroatoms. The SMILES string of the molecule is CCCNC(=O)Cn1nc(-c2ccc(F)cc2)c2cnc3ccc(F)cc3c21. The van der Waals surface area contributed by atoms with Gasteiger partial charge in [-0.25, -0.2) is 8.78 Å². The van der Waals surface area contributed by atoms with Crippen LogP contribution in [-0.4, -0.2) is 27.2 Å². The number of hydrogen-bond acceptors (Lipinski definition) is 3. The van der Waals surface area contributed by atoms with Crippen LogP contribution in [0.5, 0.6) is 0 Å². The standard InChI is InChI=1S/C21H18F2N4O/c1-2-9-24-19(28)12-27-21-16-10-15(23)7-8-18(16)25-11-17(21)20(26-27)13-3-5-14(22)6-4-13/h3-8,10-11H,2,9,12H2,1H3,(H,24,28). The summed E-state index contributed by atoms with van der Waals surface area (Å²) in [6, 6.07) is 10.3. The van der Waals surface area contributed by atoms with Crippen LogP contribution in [0.3, 0.4) is 0 Å². The predicted molar refractivity (Wildman–Crippen MR) is 104 cm³/mol. The largest absolute Gasteiger partial charge is 0.355 e. The molecule has 4 aromatic rings. The van der Waals surface area contributed by atoms with Gasteiger partial charge < -0.3 is 5.32 Å². The highest BCUT2D eigenvalue weighted by Gasteiger charge is 2.18. The van der Waals surface area contributed by atoms with Gasteiger partial charge in [0.05, 0.1) is 11.0 Å². The Balaban J connectivity index is 1.93. The van der Waals surface area contributed by atoms with Crippen LogP contribution in [0.25, 0.3) is 33.1 Å². The highest BCUT2D eigenvalue weighted by atomic mass is 19.1. The molecule has 0 fully saturated rings. The minimum atomic E-state index is -0.395. The van der Waals surface area contributed by atoms with Gasteiger partial charge in [0.25, 0.3) is 0 Å². The zero-order valence-electron chi connectivity index (χ0n) is 15.2. The van der Waals surface area contributed by atoms with Gasteiger partial charge in [0.15, 0.2) is 0 Å². The minimum absolute atomic E-state index is 0.00663. The summed E-state index contributed by atoms with van der Waals surface area (Å²) in [5.41, 5.74) is 2.48. The second kappa shape index (κ2) is 7.34. The van der Waals surface area contributed by atoms with Crippen LogP contribution < -0.4 is 5.32 Å². The molecule has 0 aliphatic heterocycles. The molecule has 0 saturated carbocycles. The number of amides is 1. The summed E-state index contributed by atoms with van der Waals surface area (Å²) in [5, 5.41) is 8.66. The van der Waals surface area contributed by atoms with E-state index in [4.69, 9.17) is 0 Å². The topological polar surface area (TPSA) is 59.8 Å². The van der Waals surface area contributed by atoms with E-state index in [2.05, 4.69) is 15.4 Å². The molecule has 2 heterocycles. The summed E-state index contributed by atoms with van der Waals surface area (Å²) < 4.78 is 28.8. The Labute approximate surface area is 160 Å². The van der Waals surface area contributed by atoms with Gasteiger partial charge >= 0.3 is 0 Å². The van der Waals surface area contributed by atoms with Crippen molar-refractivity contribution in [3.8, 4) is 11.3 Å². The van der Waals surface area contributed by atoms with Crippen molar-refractivity contribution >= 4 is 27.7 Å². The molecule has 1 N–H and O–H groups in total. The lowest BCUT2D eigenvalue weighted by molar-refractivity contribution is -0.121. The smallest absolute Gasteiger partial charge is 0.241 e. The van der Waals surface area contributed by atoms with Gasteiger partial charge in [-0.05, 0) is 48.9 Å². The number of nitrogens with zero attached hydrogens (tertiary/aromatic N) is 3. The van der Waals surface area contributed by atoms with Crippen molar-refractivity contribution in [3.05, 3.63) is 60.3 Å². The molecular weight excluding hydrogens is 362 g/mol. The zero-order valence-corrected chi connectivity index (χ0v) is 15.2. The van der Waals surface area contributed by atoms with E-state index in [1.807, 2.05) is 6.92 Å². The van der Waals surface area contributed by atoms with Crippen molar-refractivity contribution in [2.45, 2.75) is 19.9 Å². The maximum absolute atomic E-state index is 13.9. The van der Waals surface area contributed by atoms with Gasteiger partial charge in [-0.1, -0.05) is 6.92 Å². The molecule has 0 saturated heterocycles. The molecule has 0 unspecified atom stereocenters. The van der Waals surface area contributed by atoms with Crippen LogP contribution in [0, 0.1) is 11.6 Å². The third-order valence-electron chi connectivity index (χ3n) is 4.52. The fourth-order valence-electron chi connectivity index (χ4n) is 3.22. The summed E-state index contributed by atoms with van der Waals surface area (Å²) in [6.07, 6.45) is 2.48. The van der Waals surface area contributed by atoms with E-state index in [-0.39, 0.29) is 18.3 Å². The number of fused-ring (bicyclic) bond motifs is 3. The molecule has 1 amide bonds. The Kier molecular flexibility index (Phi) is 4.73. The summed E-state index contributed by atoms with van der Waals surface area (Å²) in [6.45, 7) is 2.53. The number of benzene rings is 2. The Morgan fingerprint density at radius 3 is 2.57 bits per heavy atom.